The van der Waals surface area contributed by atoms with Crippen molar-refractivity contribution in [3.63, 3.8) is 0 Å². The predicted octanol–water partition coefficient (Wildman–Crippen LogP) is 4.22. The van der Waals surface area contributed by atoms with Crippen molar-refractivity contribution in [1.82, 2.24) is 0 Å². The molecule has 5 heteroatoms. The Balaban J connectivity index is 1.59. The van der Waals surface area contributed by atoms with Gasteiger partial charge >= 0.3 is 5.97 Å². The Labute approximate surface area is 157 Å². The van der Waals surface area contributed by atoms with E-state index in [2.05, 4.69) is 6.07 Å². The van der Waals surface area contributed by atoms with Crippen LogP contribution in [0.2, 0.25) is 0 Å². The summed E-state index contributed by atoms with van der Waals surface area (Å²) in [4.78, 5) is 12.0. The first-order valence-electron chi connectivity index (χ1n) is 8.26. The number of benzene rings is 3. The first-order valence-corrected chi connectivity index (χ1v) is 8.26. The molecule has 5 nitrogen and oxygen atoms in total. The Hall–Kier alpha value is -3.78. The number of hydrogen-bond acceptors (Lipinski definition) is 5. The topological polar surface area (TPSA) is 68.6 Å². The number of esters is 1. The molecule has 0 saturated heterocycles. The number of nitrogens with zero attached hydrogens (tertiary/aromatic N) is 1. The summed E-state index contributed by atoms with van der Waals surface area (Å²) in [6.45, 7) is -0.224. The molecule has 0 aliphatic rings. The summed E-state index contributed by atoms with van der Waals surface area (Å²) < 4.78 is 15.9. The second-order valence-corrected chi connectivity index (χ2v) is 5.63. The molecule has 3 aromatic rings. The Kier molecular flexibility index (Phi) is 5.70. The van der Waals surface area contributed by atoms with Gasteiger partial charge in [-0.1, -0.05) is 36.4 Å². The van der Waals surface area contributed by atoms with Crippen LogP contribution in [0.5, 0.6) is 17.2 Å². The average molecular weight is 359 g/mol. The molecule has 27 heavy (non-hydrogen) atoms. The first-order chi connectivity index (χ1) is 13.2. The maximum absolute atomic E-state index is 12.0. The van der Waals surface area contributed by atoms with Gasteiger partial charge in [-0.3, -0.25) is 0 Å². The van der Waals surface area contributed by atoms with E-state index in [1.165, 1.54) is 7.11 Å². The molecular formula is C22H17NO4. The van der Waals surface area contributed by atoms with Crippen LogP contribution in [0.15, 0.2) is 72.8 Å². The van der Waals surface area contributed by atoms with E-state index in [0.29, 0.717) is 22.8 Å². The van der Waals surface area contributed by atoms with Crippen molar-refractivity contribution in [1.29, 1.82) is 5.26 Å². The monoisotopic (exact) mass is 359 g/mol. The average Bonchev–Trinajstić information content (AvgIpc) is 2.73. The molecule has 0 radical (unpaired) electrons. The van der Waals surface area contributed by atoms with E-state index in [9.17, 15) is 4.79 Å². The molecule has 0 amide bonds. The summed E-state index contributed by atoms with van der Waals surface area (Å²) in [5, 5.41) is 8.85. The Morgan fingerprint density at radius 3 is 2.07 bits per heavy atom. The van der Waals surface area contributed by atoms with E-state index in [1.54, 1.807) is 42.5 Å². The number of nitriles is 1. The second kappa shape index (κ2) is 8.54. The van der Waals surface area contributed by atoms with Crippen LogP contribution in [0.1, 0.15) is 5.56 Å². The summed E-state index contributed by atoms with van der Waals surface area (Å²) in [7, 11) is 1.54. The third kappa shape index (κ3) is 4.65. The van der Waals surface area contributed by atoms with Crippen LogP contribution in [0.3, 0.4) is 0 Å². The van der Waals surface area contributed by atoms with E-state index in [-0.39, 0.29) is 6.61 Å². The van der Waals surface area contributed by atoms with Crippen molar-refractivity contribution in [2.45, 2.75) is 0 Å². The van der Waals surface area contributed by atoms with Crippen molar-refractivity contribution in [3.05, 3.63) is 78.4 Å². The zero-order chi connectivity index (χ0) is 19.1. The van der Waals surface area contributed by atoms with E-state index in [0.717, 1.165) is 11.1 Å². The van der Waals surface area contributed by atoms with E-state index < -0.39 is 5.97 Å². The van der Waals surface area contributed by atoms with Crippen LogP contribution in [0.25, 0.3) is 11.1 Å². The minimum absolute atomic E-state index is 0.224. The van der Waals surface area contributed by atoms with Crippen molar-refractivity contribution in [2.24, 2.45) is 0 Å². The highest BCUT2D eigenvalue weighted by molar-refractivity contribution is 5.74. The van der Waals surface area contributed by atoms with Crippen LogP contribution in [0.4, 0.5) is 0 Å². The van der Waals surface area contributed by atoms with E-state index in [1.807, 2.05) is 30.3 Å². The SMILES string of the molecule is COc1ccccc1OCC(=O)Oc1ccc(-c2ccc(C#N)cc2)cc1. The third-order valence-corrected chi connectivity index (χ3v) is 3.85. The van der Waals surface area contributed by atoms with Gasteiger partial charge in [-0.2, -0.15) is 5.26 Å². The normalized spacial score (nSPS) is 9.93. The van der Waals surface area contributed by atoms with Gasteiger partial charge in [0.05, 0.1) is 18.7 Å². The lowest BCUT2D eigenvalue weighted by Gasteiger charge is -2.10. The third-order valence-electron chi connectivity index (χ3n) is 3.85. The van der Waals surface area contributed by atoms with Crippen molar-refractivity contribution < 1.29 is 19.0 Å². The quantitative estimate of drug-likeness (QED) is 0.487. The standard InChI is InChI=1S/C22H17NO4/c1-25-20-4-2-3-5-21(20)26-15-22(24)27-19-12-10-18(11-13-19)17-8-6-16(14-23)7-9-17/h2-13H,15H2,1H3. The Bertz CT molecular complexity index is 957. The molecule has 0 aliphatic heterocycles. The molecule has 0 spiro atoms. The van der Waals surface area contributed by atoms with Crippen LogP contribution < -0.4 is 14.2 Å². The molecule has 0 aliphatic carbocycles. The zero-order valence-electron chi connectivity index (χ0n) is 14.7. The predicted molar refractivity (Wildman–Crippen MR) is 101 cm³/mol. The van der Waals surface area contributed by atoms with Crippen LogP contribution in [-0.2, 0) is 4.79 Å². The molecule has 0 saturated carbocycles. The maximum Gasteiger partial charge on any atom is 0.349 e. The van der Waals surface area contributed by atoms with Gasteiger partial charge in [-0.15, -0.1) is 0 Å². The van der Waals surface area contributed by atoms with E-state index >= 15 is 0 Å². The Morgan fingerprint density at radius 1 is 0.889 bits per heavy atom. The fourth-order valence-corrected chi connectivity index (χ4v) is 2.49. The smallest absolute Gasteiger partial charge is 0.349 e. The van der Waals surface area contributed by atoms with Crippen LogP contribution >= 0.6 is 0 Å². The highest BCUT2D eigenvalue weighted by Crippen LogP contribution is 2.26. The molecule has 0 atom stereocenters. The molecular weight excluding hydrogens is 342 g/mol. The fraction of sp³-hybridized carbons (Fsp3) is 0.0909. The van der Waals surface area contributed by atoms with Gasteiger partial charge in [0.1, 0.15) is 5.75 Å². The van der Waals surface area contributed by atoms with Gasteiger partial charge in [0.25, 0.3) is 0 Å². The van der Waals surface area contributed by atoms with Crippen LogP contribution in [-0.4, -0.2) is 19.7 Å². The first kappa shape index (κ1) is 18.0. The zero-order valence-corrected chi connectivity index (χ0v) is 14.7. The molecule has 3 rings (SSSR count). The molecule has 0 bridgehead atoms. The minimum Gasteiger partial charge on any atom is -0.493 e. The molecule has 134 valence electrons. The summed E-state index contributed by atoms with van der Waals surface area (Å²) in [5.74, 6) is 0.957. The number of methoxy groups -OCH3 is 1. The van der Waals surface area contributed by atoms with Crippen LogP contribution in [0, 0.1) is 11.3 Å². The molecule has 0 aromatic heterocycles. The largest absolute Gasteiger partial charge is 0.493 e. The number of rotatable bonds is 6. The van der Waals surface area contributed by atoms with Gasteiger partial charge < -0.3 is 14.2 Å². The molecule has 0 unspecified atom stereocenters. The maximum atomic E-state index is 12.0. The number of carbonyl (C=O) groups excluding carboxylic acids is 1. The van der Waals surface area contributed by atoms with Crippen molar-refractivity contribution in [2.75, 3.05) is 13.7 Å². The molecule has 3 aromatic carbocycles. The van der Waals surface area contributed by atoms with Gasteiger partial charge in [0, 0.05) is 0 Å². The van der Waals surface area contributed by atoms with Gasteiger partial charge in [0.2, 0.25) is 0 Å². The fourth-order valence-electron chi connectivity index (χ4n) is 2.49. The van der Waals surface area contributed by atoms with Crippen molar-refractivity contribution >= 4 is 5.97 Å². The van der Waals surface area contributed by atoms with Gasteiger partial charge in [0.15, 0.2) is 18.1 Å². The highest BCUT2D eigenvalue weighted by atomic mass is 16.6. The highest BCUT2D eigenvalue weighted by Gasteiger charge is 2.09. The lowest BCUT2D eigenvalue weighted by Crippen LogP contribution is -2.17. The number of hydrogen-bond donors (Lipinski definition) is 0. The van der Waals surface area contributed by atoms with Crippen molar-refractivity contribution in [3.8, 4) is 34.4 Å². The summed E-state index contributed by atoms with van der Waals surface area (Å²) in [6, 6.07) is 23.6. The summed E-state index contributed by atoms with van der Waals surface area (Å²) >= 11 is 0. The molecule has 0 fully saturated rings. The minimum atomic E-state index is -0.507. The van der Waals surface area contributed by atoms with Gasteiger partial charge in [-0.25, -0.2) is 4.79 Å². The molecule has 0 heterocycles. The van der Waals surface area contributed by atoms with Gasteiger partial charge in [-0.05, 0) is 47.5 Å². The summed E-state index contributed by atoms with van der Waals surface area (Å²) in [6.07, 6.45) is 0. The number of ether oxygens (including phenoxy) is 3. The lowest BCUT2D eigenvalue weighted by atomic mass is 10.0. The molecule has 0 N–H and O–H groups in total. The Morgan fingerprint density at radius 2 is 1.48 bits per heavy atom. The lowest BCUT2D eigenvalue weighted by molar-refractivity contribution is -0.136. The number of para-hydroxylation sites is 2. The number of carbonyl (C=O) groups is 1. The second-order valence-electron chi connectivity index (χ2n) is 5.63. The van der Waals surface area contributed by atoms with E-state index in [4.69, 9.17) is 19.5 Å². The summed E-state index contributed by atoms with van der Waals surface area (Å²) in [5.41, 5.74) is 2.55.